The van der Waals surface area contributed by atoms with E-state index in [-0.39, 0.29) is 5.54 Å². The quantitative estimate of drug-likeness (QED) is 0.592. The molecule has 0 heterocycles. The molecular weight excluding hydrogens is 282 g/mol. The molecule has 2 heteroatoms. The summed E-state index contributed by atoms with van der Waals surface area (Å²) in [6.45, 7) is 13.7. The lowest BCUT2D eigenvalue weighted by molar-refractivity contribution is -0.115. The van der Waals surface area contributed by atoms with Crippen molar-refractivity contribution in [2.75, 3.05) is 0 Å². The van der Waals surface area contributed by atoms with Crippen molar-refractivity contribution in [3.63, 3.8) is 0 Å². The zero-order chi connectivity index (χ0) is 16.8. The molecular formula is C21H33NO. The molecule has 128 valence electrons. The molecule has 3 saturated carbocycles. The molecule has 0 aliphatic heterocycles. The highest BCUT2D eigenvalue weighted by atomic mass is 16.1. The summed E-state index contributed by atoms with van der Waals surface area (Å²) in [7, 11) is 0. The minimum atomic E-state index is -0.0194. The van der Waals surface area contributed by atoms with Crippen LogP contribution in [0.3, 0.4) is 0 Å². The van der Waals surface area contributed by atoms with Gasteiger partial charge in [0.15, 0.2) is 0 Å². The molecule has 0 unspecified atom stereocenters. The fraction of sp³-hybridized carbons (Fsp3) is 0.762. The summed E-state index contributed by atoms with van der Waals surface area (Å²) in [5.41, 5.74) is 2.88. The van der Waals surface area contributed by atoms with Crippen LogP contribution < -0.4 is 5.32 Å². The first-order valence-corrected chi connectivity index (χ1v) is 9.41. The Morgan fingerprint density at radius 2 is 2.09 bits per heavy atom. The first-order valence-electron chi connectivity index (χ1n) is 9.41. The van der Waals surface area contributed by atoms with Crippen LogP contribution in [0, 0.1) is 35.5 Å². The van der Waals surface area contributed by atoms with E-state index in [4.69, 9.17) is 0 Å². The van der Waals surface area contributed by atoms with Gasteiger partial charge in [-0.15, -0.1) is 0 Å². The molecule has 3 aliphatic carbocycles. The van der Waals surface area contributed by atoms with Gasteiger partial charge in [0.05, 0.1) is 0 Å². The van der Waals surface area contributed by atoms with Gasteiger partial charge in [-0.3, -0.25) is 4.79 Å². The molecule has 3 aliphatic rings. The normalized spacial score (nSPS) is 45.8. The molecule has 0 radical (unpaired) electrons. The Labute approximate surface area is 141 Å². The van der Waals surface area contributed by atoms with E-state index >= 15 is 0 Å². The second-order valence-corrected chi connectivity index (χ2v) is 8.91. The van der Waals surface area contributed by atoms with Crippen LogP contribution in [0.5, 0.6) is 0 Å². The highest BCUT2D eigenvalue weighted by molar-refractivity contribution is 5.48. The molecule has 23 heavy (non-hydrogen) atoms. The van der Waals surface area contributed by atoms with E-state index in [2.05, 4.69) is 45.7 Å². The van der Waals surface area contributed by atoms with Crippen LogP contribution in [0.25, 0.3) is 0 Å². The number of rotatable bonds is 3. The van der Waals surface area contributed by atoms with Gasteiger partial charge in [-0.25, -0.2) is 0 Å². The van der Waals surface area contributed by atoms with Crippen molar-refractivity contribution < 1.29 is 4.79 Å². The number of hydrogen-bond donors (Lipinski definition) is 1. The van der Waals surface area contributed by atoms with E-state index < -0.39 is 0 Å². The van der Waals surface area contributed by atoms with E-state index in [1.54, 1.807) is 0 Å². The number of nitrogens with one attached hydrogen (secondary N) is 1. The third kappa shape index (κ3) is 2.79. The van der Waals surface area contributed by atoms with Crippen LogP contribution in [0.4, 0.5) is 0 Å². The summed E-state index contributed by atoms with van der Waals surface area (Å²) in [6.07, 6.45) is 9.46. The zero-order valence-electron chi connectivity index (χ0n) is 15.3. The number of carbonyl (C=O) groups excluding carboxylic acids is 1. The summed E-state index contributed by atoms with van der Waals surface area (Å²) in [5.74, 6) is 4.17. The van der Waals surface area contributed by atoms with Crippen molar-refractivity contribution in [1.29, 1.82) is 0 Å². The standard InChI is InChI=1S/C21H33NO/c1-13(2)10-16-11-15(4)17-8-9-21(5,22-12-23)18-7-6-14(3)19(16)20(17)18/h10,12,15-20H,3,6-9,11H2,1-2,4-5H3,(H,22,23)/t15-,16-,17+,18-,19-,20+,21-/m0/s1. The van der Waals surface area contributed by atoms with Gasteiger partial charge in [-0.05, 0) is 88.4 Å². The maximum atomic E-state index is 11.2. The Kier molecular flexibility index (Phi) is 4.46. The highest BCUT2D eigenvalue weighted by Crippen LogP contribution is 2.60. The fourth-order valence-corrected chi connectivity index (χ4v) is 6.29. The number of hydrogen-bond acceptors (Lipinski definition) is 1. The molecule has 0 aromatic carbocycles. The van der Waals surface area contributed by atoms with Crippen molar-refractivity contribution in [1.82, 2.24) is 5.32 Å². The van der Waals surface area contributed by atoms with Gasteiger partial charge in [-0.2, -0.15) is 0 Å². The fourth-order valence-electron chi connectivity index (χ4n) is 6.29. The van der Waals surface area contributed by atoms with Gasteiger partial charge in [-0.1, -0.05) is 30.7 Å². The molecule has 0 bridgehead atoms. The average molecular weight is 316 g/mol. The SMILES string of the molecule is C=C1CC[C@H]2[C@H]3[C@H](CC[C@]2(C)NC=O)[C@@H](C)C[C@H](C=C(C)C)[C@H]13. The van der Waals surface area contributed by atoms with Crippen molar-refractivity contribution >= 4 is 6.41 Å². The number of carbonyl (C=O) groups is 1. The summed E-state index contributed by atoms with van der Waals surface area (Å²) in [4.78, 5) is 11.2. The summed E-state index contributed by atoms with van der Waals surface area (Å²) >= 11 is 0. The predicted octanol–water partition coefficient (Wildman–Crippen LogP) is 4.72. The smallest absolute Gasteiger partial charge is 0.207 e. The van der Waals surface area contributed by atoms with E-state index in [9.17, 15) is 4.79 Å². The maximum absolute atomic E-state index is 11.2. The Bertz CT molecular complexity index is 518. The maximum Gasteiger partial charge on any atom is 0.207 e. The number of amides is 1. The van der Waals surface area contributed by atoms with Crippen LogP contribution >= 0.6 is 0 Å². The zero-order valence-corrected chi connectivity index (χ0v) is 15.3. The van der Waals surface area contributed by atoms with Crippen molar-refractivity contribution in [3.8, 4) is 0 Å². The van der Waals surface area contributed by atoms with Crippen LogP contribution in [0.1, 0.15) is 59.8 Å². The molecule has 7 atom stereocenters. The van der Waals surface area contributed by atoms with Gasteiger partial charge in [0.1, 0.15) is 0 Å². The lowest BCUT2D eigenvalue weighted by atomic mass is 9.46. The second-order valence-electron chi connectivity index (χ2n) is 8.91. The lowest BCUT2D eigenvalue weighted by Gasteiger charge is -2.60. The molecule has 0 aromatic heterocycles. The highest BCUT2D eigenvalue weighted by Gasteiger charge is 2.55. The Morgan fingerprint density at radius 3 is 2.74 bits per heavy atom. The Hall–Kier alpha value is -1.05. The topological polar surface area (TPSA) is 29.1 Å². The molecule has 0 spiro atoms. The number of allylic oxidation sites excluding steroid dienone is 3. The first-order chi connectivity index (χ1) is 10.9. The van der Waals surface area contributed by atoms with Crippen LogP contribution in [0.2, 0.25) is 0 Å². The summed E-state index contributed by atoms with van der Waals surface area (Å²) < 4.78 is 0. The Morgan fingerprint density at radius 1 is 1.35 bits per heavy atom. The van der Waals surface area contributed by atoms with Gasteiger partial charge < -0.3 is 5.32 Å². The average Bonchev–Trinajstić information content (AvgIpc) is 2.45. The predicted molar refractivity (Wildman–Crippen MR) is 95.9 cm³/mol. The van der Waals surface area contributed by atoms with E-state index in [0.29, 0.717) is 23.7 Å². The minimum Gasteiger partial charge on any atom is -0.353 e. The molecule has 0 aromatic rings. The van der Waals surface area contributed by atoms with Crippen LogP contribution in [-0.2, 0) is 4.79 Å². The Balaban J connectivity index is 1.99. The lowest BCUT2D eigenvalue weighted by Crippen LogP contribution is -2.60. The molecule has 1 amide bonds. The largest absolute Gasteiger partial charge is 0.353 e. The molecule has 0 saturated heterocycles. The molecule has 1 N–H and O–H groups in total. The van der Waals surface area contributed by atoms with Crippen LogP contribution in [-0.4, -0.2) is 11.9 Å². The monoisotopic (exact) mass is 315 g/mol. The first kappa shape index (κ1) is 16.8. The summed E-state index contributed by atoms with van der Waals surface area (Å²) in [6, 6.07) is 0. The van der Waals surface area contributed by atoms with Crippen LogP contribution in [0.15, 0.2) is 23.8 Å². The van der Waals surface area contributed by atoms with Crippen molar-refractivity contribution in [2.24, 2.45) is 35.5 Å². The molecule has 3 rings (SSSR count). The third-order valence-electron chi connectivity index (χ3n) is 7.21. The minimum absolute atomic E-state index is 0.0194. The van der Waals surface area contributed by atoms with Gasteiger partial charge in [0.2, 0.25) is 6.41 Å². The van der Waals surface area contributed by atoms with Gasteiger partial charge >= 0.3 is 0 Å². The van der Waals surface area contributed by atoms with E-state index in [1.165, 1.54) is 30.4 Å². The summed E-state index contributed by atoms with van der Waals surface area (Å²) in [5, 5.41) is 3.21. The van der Waals surface area contributed by atoms with E-state index in [1.807, 2.05) is 0 Å². The van der Waals surface area contributed by atoms with Crippen molar-refractivity contribution in [2.45, 2.75) is 65.3 Å². The second kappa shape index (κ2) is 6.11. The van der Waals surface area contributed by atoms with E-state index in [0.717, 1.165) is 31.1 Å². The molecule has 2 nitrogen and oxygen atoms in total. The van der Waals surface area contributed by atoms with Gasteiger partial charge in [0.25, 0.3) is 0 Å². The molecule has 3 fully saturated rings. The van der Waals surface area contributed by atoms with Gasteiger partial charge in [0, 0.05) is 5.54 Å². The third-order valence-corrected chi connectivity index (χ3v) is 7.21. The van der Waals surface area contributed by atoms with Crippen molar-refractivity contribution in [3.05, 3.63) is 23.8 Å².